The number of morpholine rings is 1. The van der Waals surface area contributed by atoms with E-state index >= 15 is 4.79 Å². The van der Waals surface area contributed by atoms with E-state index in [0.717, 1.165) is 25.3 Å². The molecule has 7 rings (SSSR count). The first-order chi connectivity index (χ1) is 27.2. The predicted molar refractivity (Wildman–Crippen MR) is 201 cm³/mol. The molecule has 0 radical (unpaired) electrons. The van der Waals surface area contributed by atoms with Crippen LogP contribution in [0.25, 0.3) is 0 Å². The number of nitrogens with one attached hydrogen (secondary N) is 1. The summed E-state index contributed by atoms with van der Waals surface area (Å²) in [7, 11) is 2.33. The maximum absolute atomic E-state index is 15.1. The molecule has 4 aromatic carbocycles. The van der Waals surface area contributed by atoms with Gasteiger partial charge in [-0.15, -0.1) is 0 Å². The van der Waals surface area contributed by atoms with Crippen molar-refractivity contribution < 1.29 is 48.3 Å². The molecule has 13 heteroatoms. The Morgan fingerprint density at radius 2 is 1.57 bits per heavy atom. The molecule has 0 aliphatic carbocycles. The number of carbonyl (C=O) groups excluding carboxylic acids is 4. The van der Waals surface area contributed by atoms with Gasteiger partial charge < -0.3 is 40.2 Å². The molecule has 1 spiro atoms. The molecule has 56 heavy (non-hydrogen) atoms. The second-order valence-corrected chi connectivity index (χ2v) is 13.7. The number of aliphatic hydroxyl groups excluding tert-OH is 2. The van der Waals surface area contributed by atoms with Crippen LogP contribution in [0.5, 0.6) is 5.75 Å². The van der Waals surface area contributed by atoms with Gasteiger partial charge in [-0.25, -0.2) is 0 Å². The highest BCUT2D eigenvalue weighted by atomic mass is 16.6. The lowest BCUT2D eigenvalue weighted by atomic mass is 9.65. The van der Waals surface area contributed by atoms with E-state index in [-0.39, 0.29) is 19.6 Å². The molecule has 3 aliphatic heterocycles. The number of amides is 2. The smallest absolute Gasteiger partial charge is 0.321 e. The number of hydrogen-bond donors (Lipinski definition) is 4. The third-order valence-corrected chi connectivity index (χ3v) is 10.8. The van der Waals surface area contributed by atoms with Gasteiger partial charge in [0.2, 0.25) is 11.8 Å². The fourth-order valence-corrected chi connectivity index (χ4v) is 8.64. The van der Waals surface area contributed by atoms with Crippen molar-refractivity contribution in [3.8, 4) is 17.6 Å². The first-order valence-electron chi connectivity index (χ1n) is 18.1. The molecule has 3 heterocycles. The van der Waals surface area contributed by atoms with Crippen LogP contribution < -0.4 is 15.8 Å². The summed E-state index contributed by atoms with van der Waals surface area (Å²) >= 11 is 0. The van der Waals surface area contributed by atoms with Crippen molar-refractivity contribution in [2.75, 3.05) is 32.8 Å². The predicted octanol–water partition coefficient (Wildman–Crippen LogP) is 3.31. The Hall–Kier alpha value is -6.04. The normalized spacial score (nSPS) is 25.1. The minimum atomic E-state index is -1.80. The van der Waals surface area contributed by atoms with Gasteiger partial charge in [-0.3, -0.25) is 24.1 Å². The highest BCUT2D eigenvalue weighted by molar-refractivity contribution is 6.10. The van der Waals surface area contributed by atoms with Gasteiger partial charge >= 0.3 is 11.9 Å². The fourth-order valence-electron chi connectivity index (χ4n) is 8.64. The van der Waals surface area contributed by atoms with Crippen LogP contribution in [-0.4, -0.2) is 78.6 Å². The zero-order chi connectivity index (χ0) is 39.6. The van der Waals surface area contributed by atoms with Crippen LogP contribution in [0.1, 0.15) is 52.4 Å². The van der Waals surface area contributed by atoms with Gasteiger partial charge in [-0.2, -0.15) is 0 Å². The average molecular weight is 760 g/mol. The first-order valence-corrected chi connectivity index (χ1v) is 18.1. The molecule has 7 atom stereocenters. The monoisotopic (exact) mass is 759 g/mol. The van der Waals surface area contributed by atoms with Crippen LogP contribution in [-0.2, 0) is 38.8 Å². The Morgan fingerprint density at radius 3 is 2.21 bits per heavy atom. The van der Waals surface area contributed by atoms with E-state index in [1.54, 1.807) is 42.5 Å². The summed E-state index contributed by atoms with van der Waals surface area (Å²) in [6.07, 6.45) is -2.58. The summed E-state index contributed by atoms with van der Waals surface area (Å²) < 4.78 is 22.2. The second-order valence-electron chi connectivity index (χ2n) is 13.7. The number of fused-ring (bicyclic) bond motifs is 3. The van der Waals surface area contributed by atoms with Crippen molar-refractivity contribution >= 4 is 29.4 Å². The van der Waals surface area contributed by atoms with E-state index in [2.05, 4.69) is 17.2 Å². The molecule has 0 bridgehead atoms. The largest absolute Gasteiger partial charge is 0.491 e. The van der Waals surface area contributed by atoms with Gasteiger partial charge in [0.15, 0.2) is 12.2 Å². The molecule has 5 N–H and O–H groups in total. The van der Waals surface area contributed by atoms with E-state index < -0.39 is 71.5 Å². The lowest BCUT2D eigenvalue weighted by molar-refractivity contribution is -0.241. The molecule has 0 aromatic heterocycles. The standard InChI is InChI=1S/C43H41N3O10/c1-53-39(49)29(40(50)54-2)18-11-12-25-20-21-31-30(24-25)43(42(52)45-31)33(38(44)48)35-41(51)56-36(27-15-7-4-8-16-27)34(26-13-5-3-6-14-26)46(35)37(43)28-17-9-10-19-32(28)55-23-22-47/h3-10,13-17,19-21,24,29,33-37,41,47,51H,18,22-23H2,1-2H3,(H2,44,48)(H,45,52)/t33-,34-,35-,36+,37+,41?,43-/m0/s1. The Kier molecular flexibility index (Phi) is 10.9. The van der Waals surface area contributed by atoms with Gasteiger partial charge in [0.25, 0.3) is 0 Å². The number of esters is 2. The minimum absolute atomic E-state index is 0.0550. The van der Waals surface area contributed by atoms with Crippen molar-refractivity contribution in [2.45, 2.75) is 42.4 Å². The van der Waals surface area contributed by atoms with Gasteiger partial charge in [0, 0.05) is 23.2 Å². The highest BCUT2D eigenvalue weighted by Gasteiger charge is 2.73. The number of aliphatic hydroxyl groups is 2. The summed E-state index contributed by atoms with van der Waals surface area (Å²) in [6.45, 7) is -0.339. The van der Waals surface area contributed by atoms with E-state index in [4.69, 9.17) is 24.7 Å². The number of carbonyl (C=O) groups is 4. The maximum Gasteiger partial charge on any atom is 0.321 e. The molecular formula is C43H41N3O10. The van der Waals surface area contributed by atoms with Crippen LogP contribution >= 0.6 is 0 Å². The number of benzene rings is 4. The zero-order valence-electron chi connectivity index (χ0n) is 30.7. The lowest BCUT2D eigenvalue weighted by Gasteiger charge is -2.49. The van der Waals surface area contributed by atoms with Crippen molar-refractivity contribution in [1.82, 2.24) is 4.90 Å². The number of anilines is 1. The molecular weight excluding hydrogens is 718 g/mol. The van der Waals surface area contributed by atoms with Crippen LogP contribution in [0.15, 0.2) is 103 Å². The SMILES string of the molecule is COC(=O)C(CC#Cc1ccc2c(c1)[C@]1(C(=O)N2)[C@H](C(N)=O)[C@H]2C(O)O[C@H](c3ccccc3)[C@H](c3ccccc3)N2[C@@H]1c1ccccc1OCCO)C(=O)OC. The molecule has 0 saturated carbocycles. The number of primary amides is 1. The number of nitrogens with two attached hydrogens (primary N) is 1. The number of ether oxygens (including phenoxy) is 4. The van der Waals surface area contributed by atoms with Crippen molar-refractivity contribution in [3.05, 3.63) is 131 Å². The van der Waals surface area contributed by atoms with Crippen LogP contribution in [0.2, 0.25) is 0 Å². The summed E-state index contributed by atoms with van der Waals surface area (Å²) in [5, 5.41) is 24.9. The van der Waals surface area contributed by atoms with Gasteiger partial charge in [0.1, 0.15) is 23.9 Å². The molecule has 13 nitrogen and oxygen atoms in total. The first kappa shape index (κ1) is 38.2. The molecule has 3 aliphatic rings. The van der Waals surface area contributed by atoms with Crippen LogP contribution in [0.3, 0.4) is 0 Å². The summed E-state index contributed by atoms with van der Waals surface area (Å²) in [4.78, 5) is 55.8. The average Bonchev–Trinajstić information content (AvgIpc) is 3.70. The minimum Gasteiger partial charge on any atom is -0.491 e. The third-order valence-electron chi connectivity index (χ3n) is 10.8. The molecule has 288 valence electrons. The molecule has 2 saturated heterocycles. The van der Waals surface area contributed by atoms with Crippen LogP contribution in [0.4, 0.5) is 5.69 Å². The molecule has 2 fully saturated rings. The number of para-hydroxylation sites is 1. The third kappa shape index (κ3) is 6.46. The van der Waals surface area contributed by atoms with Crippen molar-refractivity contribution in [1.29, 1.82) is 0 Å². The van der Waals surface area contributed by atoms with Crippen molar-refractivity contribution in [3.63, 3.8) is 0 Å². The topological polar surface area (TPSA) is 187 Å². The van der Waals surface area contributed by atoms with Gasteiger partial charge in [-0.1, -0.05) is 90.7 Å². The second kappa shape index (κ2) is 16.0. The summed E-state index contributed by atoms with van der Waals surface area (Å²) in [5.41, 5.74) is 7.83. The number of rotatable bonds is 10. The van der Waals surface area contributed by atoms with Crippen molar-refractivity contribution in [2.24, 2.45) is 17.6 Å². The summed E-state index contributed by atoms with van der Waals surface area (Å²) in [6, 6.07) is 28.2. The lowest BCUT2D eigenvalue weighted by Crippen LogP contribution is -2.55. The van der Waals surface area contributed by atoms with E-state index in [1.807, 2.05) is 65.6 Å². The Labute approximate surface area is 323 Å². The number of nitrogens with zero attached hydrogens (tertiary/aromatic N) is 1. The molecule has 1 unspecified atom stereocenters. The maximum atomic E-state index is 15.1. The number of hydrogen-bond acceptors (Lipinski definition) is 11. The van der Waals surface area contributed by atoms with Crippen LogP contribution in [0, 0.1) is 23.7 Å². The molecule has 2 amide bonds. The zero-order valence-corrected chi connectivity index (χ0v) is 30.7. The fraction of sp³-hybridized carbons (Fsp3) is 0.302. The van der Waals surface area contributed by atoms with E-state index in [1.165, 1.54) is 0 Å². The highest BCUT2D eigenvalue weighted by Crippen LogP contribution is 2.66. The number of methoxy groups -OCH3 is 2. The Morgan fingerprint density at radius 1 is 0.929 bits per heavy atom. The van der Waals surface area contributed by atoms with Gasteiger partial charge in [-0.05, 0) is 41.0 Å². The Balaban J connectivity index is 1.48. The Bertz CT molecular complexity index is 2170. The van der Waals surface area contributed by atoms with E-state index in [0.29, 0.717) is 28.1 Å². The summed E-state index contributed by atoms with van der Waals surface area (Å²) in [5.74, 6) is 0.592. The van der Waals surface area contributed by atoms with E-state index in [9.17, 15) is 24.6 Å². The van der Waals surface area contributed by atoms with Gasteiger partial charge in [0.05, 0.1) is 44.9 Å². The molecule has 4 aromatic rings. The quantitative estimate of drug-likeness (QED) is 0.106.